The first-order valence-electron chi connectivity index (χ1n) is 7.05. The Kier molecular flexibility index (Phi) is 5.17. The van der Waals surface area contributed by atoms with Crippen molar-refractivity contribution in [2.75, 3.05) is 17.7 Å². The van der Waals surface area contributed by atoms with Gasteiger partial charge in [0.25, 0.3) is 5.91 Å². The molecule has 2 amide bonds. The molecule has 1 aliphatic rings. The molecule has 2 rings (SSSR count). The van der Waals surface area contributed by atoms with Crippen LogP contribution in [-0.4, -0.2) is 42.2 Å². The first kappa shape index (κ1) is 16.8. The summed E-state index contributed by atoms with van der Waals surface area (Å²) in [6.45, 7) is 1.36. The summed E-state index contributed by atoms with van der Waals surface area (Å²) in [5, 5.41) is 14.1. The largest absolute Gasteiger partial charge is 0.495 e. The van der Waals surface area contributed by atoms with Crippen molar-refractivity contribution in [2.24, 2.45) is 0 Å². The summed E-state index contributed by atoms with van der Waals surface area (Å²) in [4.78, 5) is 34.2. The topological polar surface area (TPSA) is 114 Å². The first-order valence-corrected chi connectivity index (χ1v) is 7.05. The molecule has 3 N–H and O–H groups in total. The minimum absolute atomic E-state index is 0.268. The van der Waals surface area contributed by atoms with Crippen molar-refractivity contribution in [3.05, 3.63) is 18.2 Å². The number of carboxylic acid groups (broad SMARTS) is 1. The fourth-order valence-electron chi connectivity index (χ4n) is 2.31. The Hall–Kier alpha value is -2.61. The lowest BCUT2D eigenvalue weighted by molar-refractivity contribution is -0.150. The normalized spacial score (nSPS) is 19.9. The molecule has 0 aromatic heterocycles. The fraction of sp³-hybridized carbons (Fsp3) is 0.400. The van der Waals surface area contributed by atoms with Crippen LogP contribution in [0.3, 0.4) is 0 Å². The van der Waals surface area contributed by atoms with Gasteiger partial charge in [-0.1, -0.05) is 0 Å². The Morgan fingerprint density at radius 3 is 2.48 bits per heavy atom. The lowest BCUT2D eigenvalue weighted by Crippen LogP contribution is -2.29. The van der Waals surface area contributed by atoms with Gasteiger partial charge in [-0.2, -0.15) is 0 Å². The second-order valence-corrected chi connectivity index (χ2v) is 5.11. The highest BCUT2D eigenvalue weighted by Crippen LogP contribution is 2.28. The summed E-state index contributed by atoms with van der Waals surface area (Å²) < 4.78 is 10.3. The molecule has 1 aliphatic heterocycles. The van der Waals surface area contributed by atoms with Crippen LogP contribution < -0.4 is 15.4 Å². The number of rotatable bonds is 5. The highest BCUT2D eigenvalue weighted by atomic mass is 16.5. The molecule has 1 heterocycles. The number of methoxy groups -OCH3 is 1. The molecule has 1 aromatic carbocycles. The summed E-state index contributed by atoms with van der Waals surface area (Å²) in [6.07, 6.45) is -1.11. The Labute approximate surface area is 132 Å². The Balaban J connectivity index is 2.06. The second kappa shape index (κ2) is 7.10. The van der Waals surface area contributed by atoms with E-state index < -0.39 is 24.1 Å². The molecule has 1 saturated heterocycles. The molecule has 8 nitrogen and oxygen atoms in total. The molecule has 0 bridgehead atoms. The zero-order valence-electron chi connectivity index (χ0n) is 12.8. The maximum atomic E-state index is 12.1. The van der Waals surface area contributed by atoms with Crippen LogP contribution in [0.1, 0.15) is 19.8 Å². The van der Waals surface area contributed by atoms with Crippen molar-refractivity contribution < 1.29 is 29.0 Å². The highest BCUT2D eigenvalue weighted by Gasteiger charge is 2.34. The Morgan fingerprint density at radius 2 is 1.91 bits per heavy atom. The number of carbonyl (C=O) groups excluding carboxylic acids is 2. The standard InChI is InChI=1S/C15H18N2O6/c1-8(18)16-10-7-9(3-4-11(10)22-2)17-14(19)12-5-6-13(23-12)15(20)21/h3-4,7,12-13H,5-6H2,1-2H3,(H,16,18)(H,17,19)(H,20,21)/t12-,13+/m0/s1. The van der Waals surface area contributed by atoms with Crippen LogP contribution in [0.5, 0.6) is 5.75 Å². The number of nitrogens with one attached hydrogen (secondary N) is 2. The van der Waals surface area contributed by atoms with E-state index in [0.29, 0.717) is 30.0 Å². The number of benzene rings is 1. The molecule has 8 heteroatoms. The third-order valence-corrected chi connectivity index (χ3v) is 3.37. The van der Waals surface area contributed by atoms with E-state index in [2.05, 4.69) is 10.6 Å². The van der Waals surface area contributed by atoms with Gasteiger partial charge < -0.3 is 25.2 Å². The van der Waals surface area contributed by atoms with E-state index in [-0.39, 0.29) is 5.91 Å². The average Bonchev–Trinajstić information content (AvgIpc) is 2.97. The summed E-state index contributed by atoms with van der Waals surface area (Å²) in [5.74, 6) is -1.30. The molecule has 124 valence electrons. The van der Waals surface area contributed by atoms with Gasteiger partial charge in [-0.15, -0.1) is 0 Å². The van der Waals surface area contributed by atoms with Gasteiger partial charge in [0.2, 0.25) is 5.91 Å². The third-order valence-electron chi connectivity index (χ3n) is 3.37. The van der Waals surface area contributed by atoms with Crippen LogP contribution in [0.4, 0.5) is 11.4 Å². The summed E-state index contributed by atoms with van der Waals surface area (Å²) >= 11 is 0. The van der Waals surface area contributed by atoms with Crippen LogP contribution in [-0.2, 0) is 19.1 Å². The van der Waals surface area contributed by atoms with Crippen molar-refractivity contribution in [1.29, 1.82) is 0 Å². The van der Waals surface area contributed by atoms with Crippen LogP contribution in [0.25, 0.3) is 0 Å². The molecule has 0 spiro atoms. The van der Waals surface area contributed by atoms with Crippen molar-refractivity contribution in [3.8, 4) is 5.75 Å². The summed E-state index contributed by atoms with van der Waals surface area (Å²) in [6, 6.07) is 4.78. The van der Waals surface area contributed by atoms with E-state index in [1.54, 1.807) is 18.2 Å². The zero-order valence-corrected chi connectivity index (χ0v) is 12.8. The van der Waals surface area contributed by atoms with Crippen molar-refractivity contribution in [3.63, 3.8) is 0 Å². The molecule has 0 radical (unpaired) electrons. The van der Waals surface area contributed by atoms with E-state index >= 15 is 0 Å². The third kappa shape index (κ3) is 4.19. The van der Waals surface area contributed by atoms with E-state index in [4.69, 9.17) is 14.6 Å². The summed E-state index contributed by atoms with van der Waals surface area (Å²) in [5.41, 5.74) is 0.871. The van der Waals surface area contributed by atoms with Crippen molar-refractivity contribution >= 4 is 29.2 Å². The smallest absolute Gasteiger partial charge is 0.332 e. The number of amides is 2. The number of anilines is 2. The number of hydrogen-bond donors (Lipinski definition) is 3. The van der Waals surface area contributed by atoms with Crippen LogP contribution in [0, 0.1) is 0 Å². The van der Waals surface area contributed by atoms with Crippen molar-refractivity contribution in [1.82, 2.24) is 0 Å². The zero-order chi connectivity index (χ0) is 17.0. The molecule has 1 fully saturated rings. The van der Waals surface area contributed by atoms with Crippen LogP contribution in [0.15, 0.2) is 18.2 Å². The Morgan fingerprint density at radius 1 is 1.22 bits per heavy atom. The van der Waals surface area contributed by atoms with Crippen molar-refractivity contribution in [2.45, 2.75) is 32.0 Å². The van der Waals surface area contributed by atoms with Crippen LogP contribution in [0.2, 0.25) is 0 Å². The predicted molar refractivity (Wildman–Crippen MR) is 81.5 cm³/mol. The Bertz CT molecular complexity index is 630. The number of hydrogen-bond acceptors (Lipinski definition) is 5. The molecular weight excluding hydrogens is 304 g/mol. The quantitative estimate of drug-likeness (QED) is 0.751. The van der Waals surface area contributed by atoms with E-state index in [1.807, 2.05) is 0 Å². The average molecular weight is 322 g/mol. The molecule has 0 saturated carbocycles. The van der Waals surface area contributed by atoms with Gasteiger partial charge in [-0.3, -0.25) is 9.59 Å². The summed E-state index contributed by atoms with van der Waals surface area (Å²) in [7, 11) is 1.47. The lowest BCUT2D eigenvalue weighted by atomic mass is 10.2. The van der Waals surface area contributed by atoms with Gasteiger partial charge >= 0.3 is 5.97 Å². The maximum Gasteiger partial charge on any atom is 0.332 e. The number of carboxylic acids is 1. The van der Waals surface area contributed by atoms with Gasteiger partial charge in [0.1, 0.15) is 11.9 Å². The van der Waals surface area contributed by atoms with Gasteiger partial charge in [-0.25, -0.2) is 4.79 Å². The lowest BCUT2D eigenvalue weighted by Gasteiger charge is -2.14. The SMILES string of the molecule is COc1ccc(NC(=O)[C@@H]2CC[C@H](C(=O)O)O2)cc1NC(C)=O. The van der Waals surface area contributed by atoms with E-state index in [9.17, 15) is 14.4 Å². The molecule has 0 unspecified atom stereocenters. The monoisotopic (exact) mass is 322 g/mol. The molecule has 1 aromatic rings. The number of carbonyl (C=O) groups is 3. The van der Waals surface area contributed by atoms with Gasteiger partial charge in [-0.05, 0) is 31.0 Å². The molecular formula is C15H18N2O6. The molecule has 0 aliphatic carbocycles. The second-order valence-electron chi connectivity index (χ2n) is 5.11. The minimum Gasteiger partial charge on any atom is -0.495 e. The number of aliphatic carboxylic acids is 1. The predicted octanol–water partition coefficient (Wildman–Crippen LogP) is 1.22. The van der Waals surface area contributed by atoms with Gasteiger partial charge in [0, 0.05) is 12.6 Å². The van der Waals surface area contributed by atoms with Gasteiger partial charge in [0.05, 0.1) is 12.8 Å². The minimum atomic E-state index is -1.07. The van der Waals surface area contributed by atoms with E-state index in [0.717, 1.165) is 0 Å². The fourth-order valence-corrected chi connectivity index (χ4v) is 2.31. The van der Waals surface area contributed by atoms with Crippen LogP contribution >= 0.6 is 0 Å². The first-order chi connectivity index (χ1) is 10.9. The molecule has 23 heavy (non-hydrogen) atoms. The van der Waals surface area contributed by atoms with E-state index in [1.165, 1.54) is 14.0 Å². The number of ether oxygens (including phenoxy) is 2. The molecule has 2 atom stereocenters. The maximum absolute atomic E-state index is 12.1. The highest BCUT2D eigenvalue weighted by molar-refractivity contribution is 5.97. The van der Waals surface area contributed by atoms with Gasteiger partial charge in [0.15, 0.2) is 6.10 Å².